The van der Waals surface area contributed by atoms with Gasteiger partial charge >= 0.3 is 0 Å². The predicted octanol–water partition coefficient (Wildman–Crippen LogP) is 3.77. The van der Waals surface area contributed by atoms with Crippen LogP contribution in [0.1, 0.15) is 19.4 Å². The molecule has 0 saturated carbocycles. The Hall–Kier alpha value is -3.27. The third kappa shape index (κ3) is 5.80. The maximum atomic E-state index is 5.70. The first-order valence-corrected chi connectivity index (χ1v) is 11.3. The zero-order valence-electron chi connectivity index (χ0n) is 19.3. The molecule has 9 nitrogen and oxygen atoms in total. The molecule has 10 heteroatoms. The van der Waals surface area contributed by atoms with Crippen molar-refractivity contribution < 1.29 is 4.74 Å². The summed E-state index contributed by atoms with van der Waals surface area (Å²) in [6, 6.07) is 12.0. The molecule has 0 amide bonds. The fourth-order valence-electron chi connectivity index (χ4n) is 3.92. The Bertz CT molecular complexity index is 1240. The monoisotopic (exact) mass is 480 g/mol. The molecule has 0 aliphatic carbocycles. The first-order chi connectivity index (χ1) is 16.1. The normalized spacial score (nSPS) is 14.2. The molecule has 0 radical (unpaired) electrons. The Morgan fingerprint density at radius 2 is 1.91 bits per heavy atom. The van der Waals surface area contributed by atoms with Gasteiger partial charge in [-0.15, -0.1) is 12.4 Å². The second kappa shape index (κ2) is 10.8. The average molecular weight is 481 g/mol. The van der Waals surface area contributed by atoms with E-state index < -0.39 is 0 Å². The van der Waals surface area contributed by atoms with E-state index in [1.54, 1.807) is 0 Å². The van der Waals surface area contributed by atoms with Crippen LogP contribution in [-0.2, 0) is 6.54 Å². The van der Waals surface area contributed by atoms with E-state index in [4.69, 9.17) is 4.74 Å². The minimum Gasteiger partial charge on any atom is -0.475 e. The van der Waals surface area contributed by atoms with Gasteiger partial charge in [0.2, 0.25) is 11.8 Å². The Morgan fingerprint density at radius 1 is 1.06 bits per heavy atom. The zero-order chi connectivity index (χ0) is 22.6. The van der Waals surface area contributed by atoms with Crippen molar-refractivity contribution >= 4 is 35.2 Å². The molecular formula is C24H29ClN8O. The van der Waals surface area contributed by atoms with Crippen molar-refractivity contribution in [3.05, 3.63) is 54.5 Å². The van der Waals surface area contributed by atoms with Crippen molar-refractivity contribution in [2.45, 2.75) is 26.5 Å². The number of piperazine rings is 1. The molecule has 1 aliphatic heterocycles. The maximum Gasteiger partial charge on any atom is 0.217 e. The number of halogens is 1. The van der Waals surface area contributed by atoms with E-state index in [1.807, 2.05) is 44.3 Å². The molecule has 178 valence electrons. The van der Waals surface area contributed by atoms with E-state index in [-0.39, 0.29) is 18.5 Å². The van der Waals surface area contributed by atoms with Crippen molar-refractivity contribution in [3.8, 4) is 17.1 Å². The highest BCUT2D eigenvalue weighted by atomic mass is 35.5. The van der Waals surface area contributed by atoms with Gasteiger partial charge in [0.1, 0.15) is 12.1 Å². The van der Waals surface area contributed by atoms with Crippen LogP contribution in [0.3, 0.4) is 0 Å². The SMILES string of the molecule is CC(C)Oc1cc(-c2ccc3nc(Nc4cc(CN5CCNCC5)ccn4)[nH]c3c2)ncn1.Cl. The second-order valence-corrected chi connectivity index (χ2v) is 8.43. The van der Waals surface area contributed by atoms with Gasteiger partial charge in [-0.2, -0.15) is 0 Å². The summed E-state index contributed by atoms with van der Waals surface area (Å²) >= 11 is 0. The summed E-state index contributed by atoms with van der Waals surface area (Å²) in [6.07, 6.45) is 3.42. The lowest BCUT2D eigenvalue weighted by molar-refractivity contribution is 0.232. The summed E-state index contributed by atoms with van der Waals surface area (Å²) in [5.74, 6) is 1.99. The minimum atomic E-state index is 0. The fourth-order valence-corrected chi connectivity index (χ4v) is 3.92. The molecule has 0 atom stereocenters. The van der Waals surface area contributed by atoms with E-state index in [9.17, 15) is 0 Å². The highest BCUT2D eigenvalue weighted by molar-refractivity contribution is 5.85. The van der Waals surface area contributed by atoms with Gasteiger partial charge in [0.05, 0.1) is 22.8 Å². The molecule has 34 heavy (non-hydrogen) atoms. The van der Waals surface area contributed by atoms with Gasteiger partial charge in [-0.3, -0.25) is 4.90 Å². The number of nitrogens with one attached hydrogen (secondary N) is 3. The number of imidazole rings is 1. The van der Waals surface area contributed by atoms with Crippen LogP contribution in [0.4, 0.5) is 11.8 Å². The van der Waals surface area contributed by atoms with Crippen LogP contribution < -0.4 is 15.4 Å². The highest BCUT2D eigenvalue weighted by Gasteiger charge is 2.12. The molecule has 1 aromatic carbocycles. The molecule has 4 heterocycles. The first-order valence-electron chi connectivity index (χ1n) is 11.3. The number of aromatic amines is 1. The van der Waals surface area contributed by atoms with Crippen LogP contribution in [0.2, 0.25) is 0 Å². The topological polar surface area (TPSA) is 104 Å². The van der Waals surface area contributed by atoms with Crippen LogP contribution >= 0.6 is 12.4 Å². The number of ether oxygens (including phenoxy) is 1. The van der Waals surface area contributed by atoms with Gasteiger partial charge in [0, 0.05) is 50.6 Å². The van der Waals surface area contributed by atoms with Crippen molar-refractivity contribution in [1.82, 2.24) is 35.1 Å². The Balaban J connectivity index is 0.00000274. The average Bonchev–Trinajstić information content (AvgIpc) is 3.21. The van der Waals surface area contributed by atoms with Crippen molar-refractivity contribution in [1.29, 1.82) is 0 Å². The fraction of sp³-hybridized carbons (Fsp3) is 0.333. The quantitative estimate of drug-likeness (QED) is 0.367. The molecule has 3 aromatic heterocycles. The highest BCUT2D eigenvalue weighted by Crippen LogP contribution is 2.25. The number of H-pyrrole nitrogens is 1. The van der Waals surface area contributed by atoms with Gasteiger partial charge in [-0.05, 0) is 43.7 Å². The molecule has 3 N–H and O–H groups in total. The standard InChI is InChI=1S/C24H28N8O.ClH/c1-16(2)33-23-13-20(27-15-28-23)18-3-4-19-21(12-18)30-24(29-19)31-22-11-17(5-6-26-22)14-32-9-7-25-8-10-32;/h3-6,11-13,15-16,25H,7-10,14H2,1-2H3,(H2,26,29,30,31);1H. The first kappa shape index (κ1) is 23.9. The van der Waals surface area contributed by atoms with Gasteiger partial charge in [0.15, 0.2) is 0 Å². The Labute approximate surface area is 204 Å². The van der Waals surface area contributed by atoms with Crippen molar-refractivity contribution in [2.75, 3.05) is 31.5 Å². The molecule has 1 saturated heterocycles. The third-order valence-corrected chi connectivity index (χ3v) is 5.46. The van der Waals surface area contributed by atoms with Gasteiger partial charge in [-0.25, -0.2) is 19.9 Å². The number of fused-ring (bicyclic) bond motifs is 1. The number of anilines is 2. The van der Waals surface area contributed by atoms with Crippen LogP contribution in [-0.4, -0.2) is 62.1 Å². The lowest BCUT2D eigenvalue weighted by Crippen LogP contribution is -2.42. The molecule has 0 unspecified atom stereocenters. The number of hydrogen-bond acceptors (Lipinski definition) is 8. The molecule has 1 fully saturated rings. The second-order valence-electron chi connectivity index (χ2n) is 8.43. The number of aromatic nitrogens is 5. The number of pyridine rings is 1. The van der Waals surface area contributed by atoms with Gasteiger partial charge in [0.25, 0.3) is 0 Å². The summed E-state index contributed by atoms with van der Waals surface area (Å²) in [4.78, 5) is 23.5. The molecule has 5 rings (SSSR count). The van der Waals surface area contributed by atoms with Crippen molar-refractivity contribution in [2.24, 2.45) is 0 Å². The summed E-state index contributed by atoms with van der Waals surface area (Å²) in [6.45, 7) is 9.08. The molecule has 4 aromatic rings. The van der Waals surface area contributed by atoms with Crippen LogP contribution in [0.15, 0.2) is 48.9 Å². The number of rotatable bonds is 7. The number of benzene rings is 1. The van der Waals surface area contributed by atoms with Gasteiger partial charge in [-0.1, -0.05) is 6.07 Å². The number of nitrogens with zero attached hydrogens (tertiary/aromatic N) is 5. The van der Waals surface area contributed by atoms with E-state index >= 15 is 0 Å². The number of hydrogen-bond donors (Lipinski definition) is 3. The van der Waals surface area contributed by atoms with E-state index in [2.05, 4.69) is 52.6 Å². The molecule has 1 aliphatic rings. The molecule has 0 bridgehead atoms. The summed E-state index contributed by atoms with van der Waals surface area (Å²) in [5.41, 5.74) is 4.78. The van der Waals surface area contributed by atoms with Crippen LogP contribution in [0, 0.1) is 0 Å². The smallest absolute Gasteiger partial charge is 0.217 e. The molecule has 0 spiro atoms. The van der Waals surface area contributed by atoms with E-state index in [0.29, 0.717) is 11.8 Å². The minimum absolute atomic E-state index is 0. The maximum absolute atomic E-state index is 5.70. The third-order valence-electron chi connectivity index (χ3n) is 5.46. The van der Waals surface area contributed by atoms with Crippen LogP contribution in [0.25, 0.3) is 22.3 Å². The summed E-state index contributed by atoms with van der Waals surface area (Å²) in [7, 11) is 0. The van der Waals surface area contributed by atoms with E-state index in [1.165, 1.54) is 11.9 Å². The predicted molar refractivity (Wildman–Crippen MR) is 136 cm³/mol. The van der Waals surface area contributed by atoms with E-state index in [0.717, 1.165) is 60.8 Å². The largest absolute Gasteiger partial charge is 0.475 e. The van der Waals surface area contributed by atoms with Gasteiger partial charge < -0.3 is 20.4 Å². The Morgan fingerprint density at radius 3 is 2.74 bits per heavy atom. The molecular weight excluding hydrogens is 452 g/mol. The lowest BCUT2D eigenvalue weighted by atomic mass is 10.1. The lowest BCUT2D eigenvalue weighted by Gasteiger charge is -2.27. The summed E-state index contributed by atoms with van der Waals surface area (Å²) in [5, 5.41) is 6.70. The summed E-state index contributed by atoms with van der Waals surface area (Å²) < 4.78 is 5.70. The van der Waals surface area contributed by atoms with Crippen molar-refractivity contribution in [3.63, 3.8) is 0 Å². The van der Waals surface area contributed by atoms with Crippen LogP contribution in [0.5, 0.6) is 5.88 Å². The Kier molecular flexibility index (Phi) is 7.56. The zero-order valence-corrected chi connectivity index (χ0v) is 20.1.